The van der Waals surface area contributed by atoms with E-state index < -0.39 is 0 Å². The third kappa shape index (κ3) is 11.3. The van der Waals surface area contributed by atoms with E-state index >= 15 is 0 Å². The summed E-state index contributed by atoms with van der Waals surface area (Å²) in [6.07, 6.45) is 28.4. The van der Waals surface area contributed by atoms with Gasteiger partial charge < -0.3 is 0 Å². The molecule has 0 spiro atoms. The molecule has 0 aliphatic heterocycles. The number of rotatable bonds is 19. The Morgan fingerprint density at radius 3 is 1.64 bits per heavy atom. The Hall–Kier alpha value is -0.790. The maximum Gasteiger partial charge on any atom is 0.256 e. The molecule has 1 heterocycles. The van der Waals surface area contributed by atoms with Crippen LogP contribution in [0.1, 0.15) is 142 Å². The number of unbranched alkanes of at least 4 members (excludes halogenated alkanes) is 14. The molecular formula is C26H51N2+. The molecule has 0 bridgehead atoms. The molecule has 1 rings (SSSR count). The Balaban J connectivity index is 2.21. The van der Waals surface area contributed by atoms with Crippen LogP contribution in [0.2, 0.25) is 0 Å². The van der Waals surface area contributed by atoms with E-state index in [1.165, 1.54) is 116 Å². The number of aromatic nitrogens is 2. The van der Waals surface area contributed by atoms with Crippen molar-refractivity contribution in [2.24, 2.45) is 0 Å². The molecule has 0 fully saturated rings. The van der Waals surface area contributed by atoms with E-state index in [1.54, 1.807) is 5.82 Å². The predicted octanol–water partition coefficient (Wildman–Crippen LogP) is 8.18. The molecule has 0 aromatic carbocycles. The minimum atomic E-state index is 0.573. The molecule has 0 aliphatic carbocycles. The summed E-state index contributed by atoms with van der Waals surface area (Å²) in [4.78, 5) is 0. The number of hydrogen-bond donors (Lipinski definition) is 0. The van der Waals surface area contributed by atoms with Gasteiger partial charge in [0.25, 0.3) is 5.82 Å². The second-order valence-electron chi connectivity index (χ2n) is 9.11. The van der Waals surface area contributed by atoms with Gasteiger partial charge in [0.05, 0.1) is 12.6 Å². The van der Waals surface area contributed by atoms with Gasteiger partial charge in [-0.1, -0.05) is 97.3 Å². The van der Waals surface area contributed by atoms with Crippen LogP contribution >= 0.6 is 0 Å². The summed E-state index contributed by atoms with van der Waals surface area (Å²) in [6.45, 7) is 10.4. The molecule has 1 aromatic rings. The molecule has 0 saturated heterocycles. The Morgan fingerprint density at radius 2 is 1.14 bits per heavy atom. The van der Waals surface area contributed by atoms with Crippen LogP contribution in [0, 0.1) is 0 Å². The van der Waals surface area contributed by atoms with Crippen LogP contribution in [0.3, 0.4) is 0 Å². The number of hydrogen-bond acceptors (Lipinski definition) is 0. The van der Waals surface area contributed by atoms with Gasteiger partial charge in [-0.15, -0.1) is 0 Å². The van der Waals surface area contributed by atoms with Gasteiger partial charge >= 0.3 is 0 Å². The van der Waals surface area contributed by atoms with Crippen molar-refractivity contribution in [3.8, 4) is 0 Å². The molecule has 0 N–H and O–H groups in total. The fraction of sp³-hybridized carbons (Fsp3) is 0.885. The maximum absolute atomic E-state index is 2.54. The second kappa shape index (κ2) is 17.1. The third-order valence-electron chi connectivity index (χ3n) is 6.10. The van der Waals surface area contributed by atoms with E-state index in [0.717, 1.165) is 0 Å². The third-order valence-corrected chi connectivity index (χ3v) is 6.10. The van der Waals surface area contributed by atoms with Crippen molar-refractivity contribution in [3.05, 3.63) is 18.2 Å². The summed E-state index contributed by atoms with van der Waals surface area (Å²) in [5.41, 5.74) is 0. The van der Waals surface area contributed by atoms with Crippen LogP contribution in [-0.2, 0) is 13.0 Å². The molecule has 0 unspecified atom stereocenters. The standard InChI is InChI=1S/C26H51N2/c1-5-7-9-11-12-13-14-15-16-17-19-21-26-27(22-20-18-10-8-6-2)23-24-28(26)25(3)4/h23-25H,5-22H2,1-4H3/q+1. The highest BCUT2D eigenvalue weighted by atomic mass is 15.2. The molecule has 2 nitrogen and oxygen atoms in total. The highest BCUT2D eigenvalue weighted by Gasteiger charge is 2.18. The first-order chi connectivity index (χ1) is 13.7. The first kappa shape index (κ1) is 25.2. The highest BCUT2D eigenvalue weighted by molar-refractivity contribution is 4.86. The summed E-state index contributed by atoms with van der Waals surface area (Å²) in [7, 11) is 0. The fourth-order valence-corrected chi connectivity index (χ4v) is 4.25. The predicted molar refractivity (Wildman–Crippen MR) is 124 cm³/mol. The summed E-state index contributed by atoms with van der Waals surface area (Å²) in [6, 6.07) is 0.573. The van der Waals surface area contributed by atoms with Gasteiger partial charge in [-0.3, -0.25) is 0 Å². The van der Waals surface area contributed by atoms with Gasteiger partial charge in [-0.2, -0.15) is 0 Å². The molecule has 0 amide bonds. The van der Waals surface area contributed by atoms with Gasteiger partial charge in [-0.05, 0) is 33.1 Å². The van der Waals surface area contributed by atoms with Crippen molar-refractivity contribution in [1.82, 2.24) is 4.57 Å². The lowest BCUT2D eigenvalue weighted by molar-refractivity contribution is -0.704. The van der Waals surface area contributed by atoms with Crippen molar-refractivity contribution in [2.45, 2.75) is 149 Å². The zero-order valence-corrected chi connectivity index (χ0v) is 19.9. The highest BCUT2D eigenvalue weighted by Crippen LogP contribution is 2.14. The van der Waals surface area contributed by atoms with Crippen LogP contribution in [0.4, 0.5) is 0 Å². The first-order valence-electron chi connectivity index (χ1n) is 12.8. The number of imidazole rings is 1. The first-order valence-corrected chi connectivity index (χ1v) is 12.8. The normalized spacial score (nSPS) is 11.6. The summed E-state index contributed by atoms with van der Waals surface area (Å²) in [5, 5.41) is 0. The lowest BCUT2D eigenvalue weighted by Crippen LogP contribution is -2.37. The van der Waals surface area contributed by atoms with Gasteiger partial charge in [0, 0.05) is 6.42 Å². The smallest absolute Gasteiger partial charge is 0.234 e. The summed E-state index contributed by atoms with van der Waals surface area (Å²) in [5.74, 6) is 1.56. The minimum Gasteiger partial charge on any atom is -0.234 e. The SMILES string of the molecule is CCCCCCCCCCCCCc1n(C(C)C)cc[n+]1CCCCCCC. The Bertz CT molecular complexity index is 461. The molecule has 2 heteroatoms. The average molecular weight is 392 g/mol. The summed E-state index contributed by atoms with van der Waals surface area (Å²) >= 11 is 0. The maximum atomic E-state index is 2.54. The second-order valence-corrected chi connectivity index (χ2v) is 9.11. The topological polar surface area (TPSA) is 8.81 Å². The molecule has 28 heavy (non-hydrogen) atoms. The molecule has 0 aliphatic rings. The van der Waals surface area contributed by atoms with Crippen molar-refractivity contribution < 1.29 is 4.57 Å². The van der Waals surface area contributed by atoms with Crippen LogP contribution in [-0.4, -0.2) is 4.57 Å². The van der Waals surface area contributed by atoms with Crippen LogP contribution in [0.5, 0.6) is 0 Å². The largest absolute Gasteiger partial charge is 0.256 e. The van der Waals surface area contributed by atoms with Crippen molar-refractivity contribution in [3.63, 3.8) is 0 Å². The Morgan fingerprint density at radius 1 is 0.679 bits per heavy atom. The number of aryl methyl sites for hydroxylation is 1. The van der Waals surface area contributed by atoms with E-state index in [4.69, 9.17) is 0 Å². The average Bonchev–Trinajstić information content (AvgIpc) is 3.09. The molecule has 0 radical (unpaired) electrons. The summed E-state index contributed by atoms with van der Waals surface area (Å²) < 4.78 is 5.05. The van der Waals surface area contributed by atoms with Gasteiger partial charge in [-0.25, -0.2) is 9.13 Å². The van der Waals surface area contributed by atoms with Crippen LogP contribution < -0.4 is 4.57 Å². The van der Waals surface area contributed by atoms with E-state index in [-0.39, 0.29) is 0 Å². The van der Waals surface area contributed by atoms with Crippen LogP contribution in [0.25, 0.3) is 0 Å². The molecule has 1 aromatic heterocycles. The molecule has 0 saturated carbocycles. The monoisotopic (exact) mass is 391 g/mol. The molecular weight excluding hydrogens is 340 g/mol. The van der Waals surface area contributed by atoms with Crippen molar-refractivity contribution in [1.29, 1.82) is 0 Å². The zero-order valence-electron chi connectivity index (χ0n) is 19.9. The zero-order chi connectivity index (χ0) is 20.5. The Kier molecular flexibility index (Phi) is 15.4. The van der Waals surface area contributed by atoms with E-state index in [0.29, 0.717) is 6.04 Å². The molecule has 0 atom stereocenters. The van der Waals surface area contributed by atoms with Gasteiger partial charge in [0.1, 0.15) is 12.4 Å². The quantitative estimate of drug-likeness (QED) is 0.166. The van der Waals surface area contributed by atoms with Crippen molar-refractivity contribution >= 4 is 0 Å². The minimum absolute atomic E-state index is 0.573. The lowest BCUT2D eigenvalue weighted by atomic mass is 10.1. The van der Waals surface area contributed by atoms with Crippen LogP contribution in [0.15, 0.2) is 12.4 Å². The van der Waals surface area contributed by atoms with E-state index in [1.807, 2.05) is 0 Å². The Labute approximate surface area is 177 Å². The van der Waals surface area contributed by atoms with E-state index in [9.17, 15) is 0 Å². The molecule has 164 valence electrons. The van der Waals surface area contributed by atoms with Crippen molar-refractivity contribution in [2.75, 3.05) is 0 Å². The van der Waals surface area contributed by atoms with Gasteiger partial charge in [0.15, 0.2) is 0 Å². The fourth-order valence-electron chi connectivity index (χ4n) is 4.25. The van der Waals surface area contributed by atoms with Gasteiger partial charge in [0.2, 0.25) is 0 Å². The lowest BCUT2D eigenvalue weighted by Gasteiger charge is -2.08. The van der Waals surface area contributed by atoms with E-state index in [2.05, 4.69) is 49.2 Å². The number of nitrogens with zero attached hydrogens (tertiary/aromatic N) is 2.